The molecule has 0 aromatic heterocycles. The first-order valence-electron chi connectivity index (χ1n) is 8.89. The van der Waals surface area contributed by atoms with Gasteiger partial charge in [-0.25, -0.2) is 0 Å². The zero-order chi connectivity index (χ0) is 19.9. The second-order valence-electron chi connectivity index (χ2n) is 6.39. The Kier molecular flexibility index (Phi) is 5.97. The van der Waals surface area contributed by atoms with Crippen LogP contribution in [0.15, 0.2) is 78.9 Å². The molecule has 3 aromatic carbocycles. The van der Waals surface area contributed by atoms with Crippen LogP contribution in [0.2, 0.25) is 0 Å². The number of carbonyl (C=O) groups excluding carboxylic acids is 1. The highest BCUT2D eigenvalue weighted by molar-refractivity contribution is 6.24. The van der Waals surface area contributed by atoms with Crippen molar-refractivity contribution in [3.8, 4) is 0 Å². The van der Waals surface area contributed by atoms with Gasteiger partial charge in [0.05, 0.1) is 4.92 Å². The van der Waals surface area contributed by atoms with Gasteiger partial charge in [0, 0.05) is 24.3 Å². The summed E-state index contributed by atoms with van der Waals surface area (Å²) in [5, 5.41) is 14.0. The van der Waals surface area contributed by atoms with Gasteiger partial charge in [-0.1, -0.05) is 66.7 Å². The molecule has 3 aromatic rings. The predicted octanol–water partition coefficient (Wildman–Crippen LogP) is 4.76. The summed E-state index contributed by atoms with van der Waals surface area (Å²) in [6.07, 6.45) is 1.68. The van der Waals surface area contributed by atoms with Gasteiger partial charge in [-0.05, 0) is 35.3 Å². The fraction of sp³-hybridized carbons (Fsp3) is 0.0870. The Morgan fingerprint density at radius 1 is 1.00 bits per heavy atom. The molecule has 0 saturated heterocycles. The highest BCUT2D eigenvalue weighted by atomic mass is 16.6. The van der Waals surface area contributed by atoms with Crippen LogP contribution in [-0.4, -0.2) is 10.8 Å². The maximum Gasteiger partial charge on any atom is 0.270 e. The molecule has 0 unspecified atom stereocenters. The third-order valence-corrected chi connectivity index (χ3v) is 4.42. The molecule has 0 radical (unpaired) electrons. The van der Waals surface area contributed by atoms with E-state index in [1.54, 1.807) is 18.2 Å². The van der Waals surface area contributed by atoms with Crippen molar-refractivity contribution in [1.82, 2.24) is 5.32 Å². The molecule has 0 fully saturated rings. The van der Waals surface area contributed by atoms with Crippen molar-refractivity contribution >= 4 is 23.2 Å². The summed E-state index contributed by atoms with van der Waals surface area (Å²) in [4.78, 5) is 23.5. The van der Waals surface area contributed by atoms with Crippen molar-refractivity contribution in [2.24, 2.45) is 0 Å². The Bertz CT molecular complexity index is 1030. The van der Waals surface area contributed by atoms with E-state index in [-0.39, 0.29) is 11.6 Å². The normalized spacial score (nSPS) is 11.1. The van der Waals surface area contributed by atoms with Crippen LogP contribution in [0, 0.1) is 17.0 Å². The lowest BCUT2D eigenvalue weighted by Gasteiger charge is -2.11. The minimum absolute atomic E-state index is 0.0125. The molecule has 0 aliphatic carbocycles. The molecule has 0 bridgehead atoms. The number of rotatable bonds is 6. The molecule has 0 saturated carbocycles. The lowest BCUT2D eigenvalue weighted by molar-refractivity contribution is -0.384. The number of hydrogen-bond donors (Lipinski definition) is 1. The summed E-state index contributed by atoms with van der Waals surface area (Å²) in [5.74, 6) is -0.235. The van der Waals surface area contributed by atoms with Crippen LogP contribution < -0.4 is 5.32 Å². The molecule has 5 nitrogen and oxygen atoms in total. The van der Waals surface area contributed by atoms with Crippen LogP contribution in [0.3, 0.4) is 0 Å². The van der Waals surface area contributed by atoms with Gasteiger partial charge in [-0.3, -0.25) is 14.9 Å². The molecule has 1 N–H and O–H groups in total. The number of nitro groups is 1. The third-order valence-electron chi connectivity index (χ3n) is 4.42. The first-order valence-corrected chi connectivity index (χ1v) is 8.89. The van der Waals surface area contributed by atoms with Crippen molar-refractivity contribution in [3.63, 3.8) is 0 Å². The van der Waals surface area contributed by atoms with Crippen molar-refractivity contribution < 1.29 is 9.72 Å². The van der Waals surface area contributed by atoms with E-state index in [0.29, 0.717) is 17.7 Å². The topological polar surface area (TPSA) is 72.2 Å². The Labute approximate surface area is 163 Å². The lowest BCUT2D eigenvalue weighted by Crippen LogP contribution is -2.24. The van der Waals surface area contributed by atoms with Crippen molar-refractivity contribution in [1.29, 1.82) is 0 Å². The van der Waals surface area contributed by atoms with Crippen molar-refractivity contribution in [2.45, 2.75) is 13.5 Å². The molecular weight excluding hydrogens is 352 g/mol. The van der Waals surface area contributed by atoms with Gasteiger partial charge in [-0.15, -0.1) is 0 Å². The zero-order valence-corrected chi connectivity index (χ0v) is 15.5. The number of nitro benzene ring substituents is 1. The molecule has 0 aliphatic heterocycles. The molecule has 0 atom stereocenters. The Hall–Kier alpha value is -3.73. The average Bonchev–Trinajstić information content (AvgIpc) is 2.72. The summed E-state index contributed by atoms with van der Waals surface area (Å²) in [5.41, 5.74) is 3.93. The van der Waals surface area contributed by atoms with Gasteiger partial charge in [0.25, 0.3) is 11.6 Å². The Morgan fingerprint density at radius 2 is 1.71 bits per heavy atom. The second-order valence-corrected chi connectivity index (χ2v) is 6.39. The fourth-order valence-electron chi connectivity index (χ4n) is 2.87. The largest absolute Gasteiger partial charge is 0.348 e. The van der Waals surface area contributed by atoms with Crippen LogP contribution in [0.25, 0.3) is 11.6 Å². The molecule has 5 heteroatoms. The fourth-order valence-corrected chi connectivity index (χ4v) is 2.87. The maximum atomic E-state index is 12.9. The van der Waals surface area contributed by atoms with E-state index in [1.165, 1.54) is 12.1 Å². The number of non-ortho nitro benzene ring substituents is 1. The second kappa shape index (κ2) is 8.77. The van der Waals surface area contributed by atoms with E-state index in [1.807, 2.05) is 61.5 Å². The summed E-state index contributed by atoms with van der Waals surface area (Å²) < 4.78 is 0. The summed E-state index contributed by atoms with van der Waals surface area (Å²) in [6, 6.07) is 23.4. The van der Waals surface area contributed by atoms with Gasteiger partial charge >= 0.3 is 0 Å². The number of nitrogens with zero attached hydrogens (tertiary/aromatic N) is 1. The Balaban J connectivity index is 1.91. The van der Waals surface area contributed by atoms with E-state index < -0.39 is 4.92 Å². The summed E-state index contributed by atoms with van der Waals surface area (Å²) in [6.45, 7) is 2.41. The predicted molar refractivity (Wildman–Crippen MR) is 110 cm³/mol. The third kappa shape index (κ3) is 4.71. The maximum absolute atomic E-state index is 12.9. The van der Waals surface area contributed by atoms with Gasteiger partial charge in [-0.2, -0.15) is 0 Å². The minimum Gasteiger partial charge on any atom is -0.348 e. The summed E-state index contributed by atoms with van der Waals surface area (Å²) >= 11 is 0. The quantitative estimate of drug-likeness (QED) is 0.293. The molecule has 0 heterocycles. The Morgan fingerprint density at radius 3 is 2.43 bits per heavy atom. The molecule has 28 heavy (non-hydrogen) atoms. The van der Waals surface area contributed by atoms with Gasteiger partial charge < -0.3 is 5.32 Å². The molecule has 3 rings (SSSR count). The van der Waals surface area contributed by atoms with Crippen molar-refractivity contribution in [3.05, 3.63) is 111 Å². The monoisotopic (exact) mass is 372 g/mol. The van der Waals surface area contributed by atoms with Gasteiger partial charge in [0.15, 0.2) is 0 Å². The number of benzene rings is 3. The number of carbonyl (C=O) groups is 1. The highest BCUT2D eigenvalue weighted by Crippen LogP contribution is 2.21. The van der Waals surface area contributed by atoms with Crippen LogP contribution >= 0.6 is 0 Å². The lowest BCUT2D eigenvalue weighted by atomic mass is 10.0. The number of hydrogen-bond acceptors (Lipinski definition) is 3. The van der Waals surface area contributed by atoms with E-state index in [9.17, 15) is 14.9 Å². The van der Waals surface area contributed by atoms with Crippen LogP contribution in [0.4, 0.5) is 5.69 Å². The molecular formula is C23H20N2O3. The SMILES string of the molecule is Cc1ccccc1CNC(=O)/C(=C/c1cccc([N+](=O)[O-])c1)c1ccccc1. The van der Waals surface area contributed by atoms with Crippen molar-refractivity contribution in [2.75, 3.05) is 0 Å². The van der Waals surface area contributed by atoms with Crippen LogP contribution in [-0.2, 0) is 11.3 Å². The number of aryl methyl sites for hydroxylation is 1. The first-order chi connectivity index (χ1) is 13.5. The van der Waals surface area contributed by atoms with E-state index in [0.717, 1.165) is 16.7 Å². The molecule has 140 valence electrons. The molecule has 1 amide bonds. The van der Waals surface area contributed by atoms with Gasteiger partial charge in [0.2, 0.25) is 0 Å². The molecule has 0 aliphatic rings. The minimum atomic E-state index is -0.447. The van der Waals surface area contributed by atoms with E-state index >= 15 is 0 Å². The summed E-state index contributed by atoms with van der Waals surface area (Å²) in [7, 11) is 0. The van der Waals surface area contributed by atoms with Crippen LogP contribution in [0.1, 0.15) is 22.3 Å². The van der Waals surface area contributed by atoms with E-state index in [4.69, 9.17) is 0 Å². The first kappa shape index (κ1) is 19.0. The van der Waals surface area contributed by atoms with E-state index in [2.05, 4.69) is 5.32 Å². The standard InChI is InChI=1S/C23H20N2O3/c1-17-8-5-6-12-20(17)16-24-23(26)22(19-10-3-2-4-11-19)15-18-9-7-13-21(14-18)25(27)28/h2-15H,16H2,1H3,(H,24,26)/b22-15+. The van der Waals surface area contributed by atoms with Gasteiger partial charge in [0.1, 0.15) is 0 Å². The smallest absolute Gasteiger partial charge is 0.270 e. The van der Waals surface area contributed by atoms with Crippen LogP contribution in [0.5, 0.6) is 0 Å². The average molecular weight is 372 g/mol. The number of amides is 1. The highest BCUT2D eigenvalue weighted by Gasteiger charge is 2.13. The molecule has 0 spiro atoms. The number of nitrogens with one attached hydrogen (secondary N) is 1. The zero-order valence-electron chi connectivity index (χ0n) is 15.5.